The zero-order chi connectivity index (χ0) is 18.7. The smallest absolute Gasteiger partial charge is 0.260 e. The maximum atomic E-state index is 12.1. The Morgan fingerprint density at radius 1 is 1.00 bits per heavy atom. The zero-order valence-corrected chi connectivity index (χ0v) is 15.4. The van der Waals surface area contributed by atoms with Crippen LogP contribution in [0.4, 0.5) is 5.69 Å². The summed E-state index contributed by atoms with van der Waals surface area (Å²) in [6, 6.07) is 20.1. The summed E-state index contributed by atoms with van der Waals surface area (Å²) in [5, 5.41) is 2.18. The minimum atomic E-state index is -0.0337. The van der Waals surface area contributed by atoms with Crippen molar-refractivity contribution in [3.05, 3.63) is 60.7 Å². The van der Waals surface area contributed by atoms with E-state index in [1.807, 2.05) is 56.3 Å². The van der Waals surface area contributed by atoms with Crippen molar-refractivity contribution in [2.75, 3.05) is 19.4 Å². The molecular weight excluding hydrogens is 324 g/mol. The number of carbonyl (C=O) groups excluding carboxylic acids is 1. The van der Waals surface area contributed by atoms with E-state index in [-0.39, 0.29) is 18.6 Å². The summed E-state index contributed by atoms with van der Waals surface area (Å²) in [5.74, 6) is 0.654. The molecule has 0 spiro atoms. The number of rotatable bonds is 5. The van der Waals surface area contributed by atoms with Gasteiger partial charge in [0.15, 0.2) is 6.61 Å². The van der Waals surface area contributed by atoms with Gasteiger partial charge in [-0.2, -0.15) is 0 Å². The van der Waals surface area contributed by atoms with Crippen molar-refractivity contribution in [2.24, 2.45) is 0 Å². The summed E-state index contributed by atoms with van der Waals surface area (Å²) in [6.45, 7) is 3.99. The lowest BCUT2D eigenvalue weighted by Gasteiger charge is -2.21. The van der Waals surface area contributed by atoms with Crippen LogP contribution in [-0.4, -0.2) is 30.5 Å². The Labute approximate surface area is 154 Å². The molecule has 0 aromatic heterocycles. The molecule has 0 radical (unpaired) electrons. The molecule has 0 aliphatic carbocycles. The molecule has 3 aromatic rings. The van der Waals surface area contributed by atoms with Gasteiger partial charge in [-0.05, 0) is 66.1 Å². The Kier molecular flexibility index (Phi) is 5.12. The average Bonchev–Trinajstić information content (AvgIpc) is 2.64. The van der Waals surface area contributed by atoms with Gasteiger partial charge in [0.1, 0.15) is 5.75 Å². The van der Waals surface area contributed by atoms with Gasteiger partial charge in [0.2, 0.25) is 0 Å². The standard InChI is InChI=1S/C22H24N2O2/c1-15(2)24(3)22(25)14-26-21-10-9-16-7-8-18(11-19(16)13-21)17-5-4-6-20(23)12-17/h4-13,15H,14,23H2,1-3H3. The monoisotopic (exact) mass is 348 g/mol. The number of carbonyl (C=O) groups is 1. The van der Waals surface area contributed by atoms with E-state index in [1.54, 1.807) is 11.9 Å². The number of nitrogens with two attached hydrogens (primary N) is 1. The maximum Gasteiger partial charge on any atom is 0.260 e. The van der Waals surface area contributed by atoms with Crippen molar-refractivity contribution >= 4 is 22.4 Å². The van der Waals surface area contributed by atoms with E-state index >= 15 is 0 Å². The lowest BCUT2D eigenvalue weighted by Crippen LogP contribution is -2.36. The first-order chi connectivity index (χ1) is 12.4. The lowest BCUT2D eigenvalue weighted by atomic mass is 10.0. The molecule has 26 heavy (non-hydrogen) atoms. The first-order valence-corrected chi connectivity index (χ1v) is 8.72. The molecule has 1 amide bonds. The maximum absolute atomic E-state index is 12.1. The molecule has 0 aliphatic heterocycles. The zero-order valence-electron chi connectivity index (χ0n) is 15.4. The van der Waals surface area contributed by atoms with Crippen LogP contribution >= 0.6 is 0 Å². The quantitative estimate of drug-likeness (QED) is 0.698. The van der Waals surface area contributed by atoms with E-state index < -0.39 is 0 Å². The number of benzene rings is 3. The second-order valence-electron chi connectivity index (χ2n) is 6.74. The number of nitrogen functional groups attached to an aromatic ring is 1. The van der Waals surface area contributed by atoms with Crippen LogP contribution < -0.4 is 10.5 Å². The van der Waals surface area contributed by atoms with Gasteiger partial charge < -0.3 is 15.4 Å². The number of anilines is 1. The van der Waals surface area contributed by atoms with Crippen LogP contribution in [0, 0.1) is 0 Å². The van der Waals surface area contributed by atoms with Crippen LogP contribution in [0.5, 0.6) is 5.75 Å². The highest BCUT2D eigenvalue weighted by Gasteiger charge is 2.12. The largest absolute Gasteiger partial charge is 0.484 e. The third-order valence-electron chi connectivity index (χ3n) is 4.56. The minimum absolute atomic E-state index is 0.0337. The number of likely N-dealkylation sites (N-methyl/N-ethyl adjacent to an activating group) is 1. The van der Waals surface area contributed by atoms with E-state index in [9.17, 15) is 4.79 Å². The first-order valence-electron chi connectivity index (χ1n) is 8.72. The van der Waals surface area contributed by atoms with Gasteiger partial charge >= 0.3 is 0 Å². The molecule has 134 valence electrons. The molecule has 0 fully saturated rings. The van der Waals surface area contributed by atoms with E-state index in [0.29, 0.717) is 5.75 Å². The molecule has 0 aliphatic rings. The third-order valence-corrected chi connectivity index (χ3v) is 4.56. The molecule has 0 saturated carbocycles. The van der Waals surface area contributed by atoms with Crippen molar-refractivity contribution in [2.45, 2.75) is 19.9 Å². The van der Waals surface area contributed by atoms with Gasteiger partial charge in [-0.3, -0.25) is 4.79 Å². The van der Waals surface area contributed by atoms with Crippen molar-refractivity contribution in [1.82, 2.24) is 4.90 Å². The van der Waals surface area contributed by atoms with Crippen LogP contribution in [-0.2, 0) is 4.79 Å². The first kappa shape index (κ1) is 17.8. The molecule has 0 bridgehead atoms. The van der Waals surface area contributed by atoms with Crippen LogP contribution in [0.3, 0.4) is 0 Å². The molecule has 2 N–H and O–H groups in total. The molecule has 3 rings (SSSR count). The van der Waals surface area contributed by atoms with Crippen molar-refractivity contribution in [1.29, 1.82) is 0 Å². The van der Waals surface area contributed by atoms with E-state index in [0.717, 1.165) is 27.6 Å². The Hall–Kier alpha value is -3.01. The van der Waals surface area contributed by atoms with Gasteiger partial charge in [-0.25, -0.2) is 0 Å². The highest BCUT2D eigenvalue weighted by atomic mass is 16.5. The predicted molar refractivity (Wildman–Crippen MR) is 107 cm³/mol. The SMILES string of the molecule is CC(C)N(C)C(=O)COc1ccc2ccc(-c3cccc(N)c3)cc2c1. The molecule has 0 atom stereocenters. The van der Waals surface area contributed by atoms with Gasteiger partial charge in [0.05, 0.1) is 0 Å². The second kappa shape index (κ2) is 7.48. The van der Waals surface area contributed by atoms with E-state index in [4.69, 9.17) is 10.5 Å². The fourth-order valence-corrected chi connectivity index (χ4v) is 2.75. The normalized spacial score (nSPS) is 10.9. The van der Waals surface area contributed by atoms with Crippen LogP contribution in [0.25, 0.3) is 21.9 Å². The summed E-state index contributed by atoms with van der Waals surface area (Å²) in [7, 11) is 1.79. The van der Waals surface area contributed by atoms with Crippen molar-refractivity contribution in [3.8, 4) is 16.9 Å². The van der Waals surface area contributed by atoms with Gasteiger partial charge in [-0.1, -0.05) is 30.3 Å². The van der Waals surface area contributed by atoms with E-state index in [1.165, 1.54) is 0 Å². The summed E-state index contributed by atoms with van der Waals surface area (Å²) in [4.78, 5) is 13.8. The Bertz CT molecular complexity index is 934. The lowest BCUT2D eigenvalue weighted by molar-refractivity contribution is -0.133. The number of amides is 1. The molecule has 4 heteroatoms. The molecule has 0 heterocycles. The van der Waals surface area contributed by atoms with Crippen molar-refractivity contribution in [3.63, 3.8) is 0 Å². The van der Waals surface area contributed by atoms with Gasteiger partial charge in [0, 0.05) is 18.8 Å². The predicted octanol–water partition coefficient (Wildman–Crippen LogP) is 4.33. The molecule has 0 saturated heterocycles. The minimum Gasteiger partial charge on any atom is -0.484 e. The summed E-state index contributed by atoms with van der Waals surface area (Å²) in [6.07, 6.45) is 0. The number of hydrogen-bond acceptors (Lipinski definition) is 3. The second-order valence-corrected chi connectivity index (χ2v) is 6.74. The summed E-state index contributed by atoms with van der Waals surface area (Å²) >= 11 is 0. The molecule has 0 unspecified atom stereocenters. The Morgan fingerprint density at radius 3 is 2.46 bits per heavy atom. The highest BCUT2D eigenvalue weighted by Crippen LogP contribution is 2.28. The average molecular weight is 348 g/mol. The topological polar surface area (TPSA) is 55.6 Å². The number of fused-ring (bicyclic) bond motifs is 1. The molecular formula is C22H24N2O2. The van der Waals surface area contributed by atoms with Crippen LogP contribution in [0.15, 0.2) is 60.7 Å². The fourth-order valence-electron chi connectivity index (χ4n) is 2.75. The Balaban J connectivity index is 1.82. The number of nitrogens with zero attached hydrogens (tertiary/aromatic N) is 1. The summed E-state index contributed by atoms with van der Waals surface area (Å²) < 4.78 is 5.70. The van der Waals surface area contributed by atoms with Crippen LogP contribution in [0.2, 0.25) is 0 Å². The fraction of sp³-hybridized carbons (Fsp3) is 0.227. The van der Waals surface area contributed by atoms with Crippen LogP contribution in [0.1, 0.15) is 13.8 Å². The number of hydrogen-bond donors (Lipinski definition) is 1. The Morgan fingerprint density at radius 2 is 1.73 bits per heavy atom. The van der Waals surface area contributed by atoms with Gasteiger partial charge in [0.25, 0.3) is 5.91 Å². The highest BCUT2D eigenvalue weighted by molar-refractivity contribution is 5.88. The third kappa shape index (κ3) is 3.97. The number of ether oxygens (including phenoxy) is 1. The molecule has 4 nitrogen and oxygen atoms in total. The summed E-state index contributed by atoms with van der Waals surface area (Å²) in [5.41, 5.74) is 8.80. The van der Waals surface area contributed by atoms with Gasteiger partial charge in [-0.15, -0.1) is 0 Å². The van der Waals surface area contributed by atoms with Crippen molar-refractivity contribution < 1.29 is 9.53 Å². The molecule has 3 aromatic carbocycles. The van der Waals surface area contributed by atoms with E-state index in [2.05, 4.69) is 18.2 Å².